The number of aromatic amines is 1. The fourth-order valence-corrected chi connectivity index (χ4v) is 1.30. The van der Waals surface area contributed by atoms with Crippen LogP contribution in [-0.2, 0) is 6.42 Å². The summed E-state index contributed by atoms with van der Waals surface area (Å²) in [6.07, 6.45) is 1.25. The summed E-state index contributed by atoms with van der Waals surface area (Å²) in [5, 5.41) is 21.5. The number of aliphatic hydroxyl groups is 1. The van der Waals surface area contributed by atoms with Gasteiger partial charge in [-0.2, -0.15) is 10.2 Å². The van der Waals surface area contributed by atoms with E-state index in [4.69, 9.17) is 9.78 Å². The number of aromatic nitrogens is 3. The zero-order valence-corrected chi connectivity index (χ0v) is 8.42. The summed E-state index contributed by atoms with van der Waals surface area (Å²) in [5.41, 5.74) is 0.754. The van der Waals surface area contributed by atoms with Crippen molar-refractivity contribution in [2.75, 3.05) is 0 Å². The van der Waals surface area contributed by atoms with Crippen molar-refractivity contribution >= 4 is 0 Å². The van der Waals surface area contributed by atoms with Gasteiger partial charge >= 0.3 is 0 Å². The fourth-order valence-electron chi connectivity index (χ4n) is 1.30. The summed E-state index contributed by atoms with van der Waals surface area (Å²) in [7, 11) is 0. The van der Waals surface area contributed by atoms with Crippen molar-refractivity contribution in [3.05, 3.63) is 24.2 Å². The molecule has 82 valence electrons. The zero-order chi connectivity index (χ0) is 11.4. The number of H-pyrrole nitrogens is 1. The smallest absolute Gasteiger partial charge is 0.229 e. The van der Waals surface area contributed by atoms with Crippen LogP contribution in [0.3, 0.4) is 0 Å². The number of hydrogen-bond donors (Lipinski definition) is 2. The Morgan fingerprint density at radius 3 is 3.19 bits per heavy atom. The van der Waals surface area contributed by atoms with E-state index in [1.165, 1.54) is 0 Å². The van der Waals surface area contributed by atoms with E-state index in [1.807, 2.05) is 18.2 Å². The number of nitriles is 1. The Labute approximate surface area is 91.5 Å². The van der Waals surface area contributed by atoms with E-state index >= 15 is 0 Å². The second-order valence-corrected chi connectivity index (χ2v) is 3.32. The first-order valence-corrected chi connectivity index (χ1v) is 4.81. The van der Waals surface area contributed by atoms with Gasteiger partial charge in [-0.1, -0.05) is 5.16 Å². The summed E-state index contributed by atoms with van der Waals surface area (Å²) < 4.78 is 4.95. The predicted octanol–water partition coefficient (Wildman–Crippen LogP) is 0.882. The highest BCUT2D eigenvalue weighted by Crippen LogP contribution is 2.13. The third-order valence-electron chi connectivity index (χ3n) is 2.04. The van der Waals surface area contributed by atoms with Crippen LogP contribution in [-0.4, -0.2) is 26.3 Å². The molecule has 0 spiro atoms. The van der Waals surface area contributed by atoms with E-state index in [0.717, 1.165) is 5.69 Å². The van der Waals surface area contributed by atoms with Gasteiger partial charge in [0.25, 0.3) is 0 Å². The molecule has 16 heavy (non-hydrogen) atoms. The second-order valence-electron chi connectivity index (χ2n) is 3.32. The van der Waals surface area contributed by atoms with Crippen molar-refractivity contribution in [3.8, 4) is 17.6 Å². The van der Waals surface area contributed by atoms with Crippen molar-refractivity contribution < 1.29 is 9.63 Å². The van der Waals surface area contributed by atoms with Gasteiger partial charge in [0.15, 0.2) is 0 Å². The number of nitrogens with zero attached hydrogens (tertiary/aromatic N) is 3. The SMILES string of the molecule is N#CCC(O)Cc1nc(-c2ccc[nH]2)no1. The van der Waals surface area contributed by atoms with Crippen LogP contribution in [0.25, 0.3) is 11.5 Å². The standard InChI is InChI=1S/C10H10N4O2/c11-4-3-7(15)6-9-13-10(14-16-9)8-2-1-5-12-8/h1-2,5,7,12,15H,3,6H2. The highest BCUT2D eigenvalue weighted by molar-refractivity contribution is 5.47. The minimum absolute atomic E-state index is 0.0558. The quantitative estimate of drug-likeness (QED) is 0.793. The van der Waals surface area contributed by atoms with Crippen molar-refractivity contribution in [1.29, 1.82) is 5.26 Å². The molecule has 6 nitrogen and oxygen atoms in total. The highest BCUT2D eigenvalue weighted by Gasteiger charge is 2.13. The molecule has 0 aliphatic heterocycles. The van der Waals surface area contributed by atoms with Crippen molar-refractivity contribution in [1.82, 2.24) is 15.1 Å². The fraction of sp³-hybridized carbons (Fsp3) is 0.300. The van der Waals surface area contributed by atoms with Crippen LogP contribution in [0, 0.1) is 11.3 Å². The molecule has 1 atom stereocenters. The molecule has 2 rings (SSSR count). The molecule has 2 aromatic rings. The summed E-state index contributed by atoms with van der Waals surface area (Å²) in [6, 6.07) is 5.53. The molecule has 2 aromatic heterocycles. The Morgan fingerprint density at radius 1 is 1.62 bits per heavy atom. The lowest BCUT2D eigenvalue weighted by Crippen LogP contribution is -2.09. The first kappa shape index (κ1) is 10.4. The zero-order valence-electron chi connectivity index (χ0n) is 8.42. The van der Waals surface area contributed by atoms with E-state index in [9.17, 15) is 5.11 Å². The molecule has 6 heteroatoms. The van der Waals surface area contributed by atoms with Crippen LogP contribution in [0.5, 0.6) is 0 Å². The lowest BCUT2D eigenvalue weighted by molar-refractivity contribution is 0.167. The van der Waals surface area contributed by atoms with Crippen molar-refractivity contribution in [2.24, 2.45) is 0 Å². The first-order chi connectivity index (χ1) is 7.79. The molecule has 0 saturated carbocycles. The summed E-state index contributed by atoms with van der Waals surface area (Å²) in [4.78, 5) is 7.04. The maximum Gasteiger partial charge on any atom is 0.229 e. The lowest BCUT2D eigenvalue weighted by atomic mass is 10.2. The van der Waals surface area contributed by atoms with Gasteiger partial charge < -0.3 is 14.6 Å². The minimum Gasteiger partial charge on any atom is -0.392 e. The predicted molar refractivity (Wildman–Crippen MR) is 54.0 cm³/mol. The third-order valence-corrected chi connectivity index (χ3v) is 2.04. The third kappa shape index (κ3) is 2.27. The molecule has 2 heterocycles. The number of aliphatic hydroxyl groups excluding tert-OH is 1. The maximum atomic E-state index is 9.38. The lowest BCUT2D eigenvalue weighted by Gasteiger charge is -1.99. The van der Waals surface area contributed by atoms with Gasteiger partial charge in [0, 0.05) is 6.20 Å². The van der Waals surface area contributed by atoms with Gasteiger partial charge in [0.05, 0.1) is 30.7 Å². The van der Waals surface area contributed by atoms with Crippen molar-refractivity contribution in [3.63, 3.8) is 0 Å². The molecule has 0 aliphatic rings. The van der Waals surface area contributed by atoms with Gasteiger partial charge in [-0.3, -0.25) is 0 Å². The van der Waals surface area contributed by atoms with Crippen LogP contribution in [0.4, 0.5) is 0 Å². The minimum atomic E-state index is -0.762. The second kappa shape index (κ2) is 4.59. The average molecular weight is 218 g/mol. The largest absolute Gasteiger partial charge is 0.392 e. The Balaban J connectivity index is 2.06. The van der Waals surface area contributed by atoms with Crippen LogP contribution in [0.15, 0.2) is 22.9 Å². The molecular formula is C10H10N4O2. The summed E-state index contributed by atoms with van der Waals surface area (Å²) >= 11 is 0. The number of rotatable bonds is 4. The number of hydrogen-bond acceptors (Lipinski definition) is 5. The number of nitrogens with one attached hydrogen (secondary N) is 1. The molecule has 0 amide bonds. The molecule has 2 N–H and O–H groups in total. The highest BCUT2D eigenvalue weighted by atomic mass is 16.5. The molecule has 0 saturated heterocycles. The monoisotopic (exact) mass is 218 g/mol. The van der Waals surface area contributed by atoms with Gasteiger partial charge in [-0.15, -0.1) is 0 Å². The Bertz CT molecular complexity index is 483. The molecule has 1 unspecified atom stereocenters. The van der Waals surface area contributed by atoms with Crippen LogP contribution < -0.4 is 0 Å². The van der Waals surface area contributed by atoms with Gasteiger partial charge in [0.2, 0.25) is 11.7 Å². The van der Waals surface area contributed by atoms with E-state index in [1.54, 1.807) is 6.20 Å². The first-order valence-electron chi connectivity index (χ1n) is 4.81. The molecule has 0 radical (unpaired) electrons. The summed E-state index contributed by atoms with van der Waals surface area (Å²) in [6.45, 7) is 0. The maximum absolute atomic E-state index is 9.38. The van der Waals surface area contributed by atoms with E-state index in [-0.39, 0.29) is 12.8 Å². The van der Waals surface area contributed by atoms with Gasteiger partial charge in [-0.05, 0) is 12.1 Å². The van der Waals surface area contributed by atoms with Crippen molar-refractivity contribution in [2.45, 2.75) is 18.9 Å². The molecule has 0 aliphatic carbocycles. The van der Waals surface area contributed by atoms with E-state index in [2.05, 4.69) is 15.1 Å². The van der Waals surface area contributed by atoms with Gasteiger partial charge in [-0.25, -0.2) is 0 Å². The summed E-state index contributed by atoms with van der Waals surface area (Å²) in [5.74, 6) is 0.775. The van der Waals surface area contributed by atoms with Crippen LogP contribution in [0.1, 0.15) is 12.3 Å². The Morgan fingerprint density at radius 2 is 2.50 bits per heavy atom. The van der Waals surface area contributed by atoms with Gasteiger partial charge in [0.1, 0.15) is 0 Å². The molecule has 0 bridgehead atoms. The average Bonchev–Trinajstić information content (AvgIpc) is 2.86. The molecule has 0 fully saturated rings. The molecular weight excluding hydrogens is 208 g/mol. The van der Waals surface area contributed by atoms with E-state index < -0.39 is 6.10 Å². The van der Waals surface area contributed by atoms with Crippen LogP contribution >= 0.6 is 0 Å². The topological polar surface area (TPSA) is 98.7 Å². The van der Waals surface area contributed by atoms with E-state index in [0.29, 0.717) is 11.7 Å². The molecule has 0 aromatic carbocycles. The Kier molecular flexibility index (Phi) is 2.98. The van der Waals surface area contributed by atoms with Crippen LogP contribution in [0.2, 0.25) is 0 Å². The normalized spacial score (nSPS) is 12.2. The Hall–Kier alpha value is -2.13.